The van der Waals surface area contributed by atoms with E-state index in [1.807, 2.05) is 12.3 Å². The number of pyridine rings is 1. The van der Waals surface area contributed by atoms with Crippen LogP contribution in [0.5, 0.6) is 11.5 Å². The van der Waals surface area contributed by atoms with E-state index in [0.717, 1.165) is 52.6 Å². The number of allylic oxidation sites excluding steroid dienone is 2. The zero-order chi connectivity index (χ0) is 36.2. The van der Waals surface area contributed by atoms with Gasteiger partial charge in [-0.3, -0.25) is 4.68 Å². The molecule has 5 nitrogen and oxygen atoms in total. The molecule has 52 heavy (non-hydrogen) atoms. The fourth-order valence-electron chi connectivity index (χ4n) is 8.01. The summed E-state index contributed by atoms with van der Waals surface area (Å²) in [5, 5.41) is 7.67. The number of benzene rings is 3. The van der Waals surface area contributed by atoms with E-state index < -0.39 is 0 Å². The summed E-state index contributed by atoms with van der Waals surface area (Å²) in [5.41, 5.74) is 10.4. The first-order chi connectivity index (χ1) is 24.3. The van der Waals surface area contributed by atoms with E-state index in [1.165, 1.54) is 40.1 Å². The Kier molecular flexibility index (Phi) is 10.5. The molecule has 6 aromatic rings. The van der Waals surface area contributed by atoms with E-state index in [4.69, 9.17) is 14.8 Å². The molecule has 1 unspecified atom stereocenters. The normalized spacial score (nSPS) is 16.6. The first-order valence-electron chi connectivity index (χ1n) is 18.7. The van der Waals surface area contributed by atoms with Gasteiger partial charge in [0.05, 0.1) is 11.4 Å². The second-order valence-corrected chi connectivity index (χ2v) is 16.5. The van der Waals surface area contributed by atoms with Crippen LogP contribution < -0.4 is 4.74 Å². The molecule has 7 rings (SSSR count). The molecular weight excluding hydrogens is 820 g/mol. The van der Waals surface area contributed by atoms with Gasteiger partial charge < -0.3 is 9.30 Å². The van der Waals surface area contributed by atoms with Gasteiger partial charge in [0.15, 0.2) is 0 Å². The van der Waals surface area contributed by atoms with Crippen LogP contribution >= 0.6 is 0 Å². The molecule has 3 aromatic heterocycles. The standard InChI is InChI=1S/C46H52N4O.Pt/c1-11-31-22-23-47-41(24-31)49-39-19-14-13-18-36(39)37-21-20-34(28-40(37)49)51-35-26-32(45(5,6)7)25-33(27-35)50-44(46(8,9)10)43(38(12-2)48-50)42-29(3)16-15-17-30(42)4;/h13-14,16,18-26,30,42H,11-12,15,17H2,1-10H3;/q-2;+2/t30-,42?;/m0./s1. The molecule has 0 bridgehead atoms. The van der Waals surface area contributed by atoms with Crippen LogP contribution in [0.2, 0.25) is 0 Å². The van der Waals surface area contributed by atoms with Crippen LogP contribution in [0.1, 0.15) is 116 Å². The molecule has 1 aliphatic rings. The summed E-state index contributed by atoms with van der Waals surface area (Å²) in [7, 11) is 0. The third-order valence-electron chi connectivity index (χ3n) is 10.7. The van der Waals surface area contributed by atoms with E-state index in [2.05, 4.69) is 151 Å². The number of aryl methyl sites for hydroxylation is 2. The number of rotatable bonds is 7. The van der Waals surface area contributed by atoms with Crippen LogP contribution in [0.15, 0.2) is 78.5 Å². The van der Waals surface area contributed by atoms with Crippen molar-refractivity contribution in [3.8, 4) is 23.0 Å². The molecule has 0 saturated heterocycles. The summed E-state index contributed by atoms with van der Waals surface area (Å²) in [6.45, 7) is 22.8. The van der Waals surface area contributed by atoms with Crippen LogP contribution in [0, 0.1) is 18.1 Å². The Morgan fingerprint density at radius 1 is 0.865 bits per heavy atom. The van der Waals surface area contributed by atoms with Crippen molar-refractivity contribution < 1.29 is 25.8 Å². The summed E-state index contributed by atoms with van der Waals surface area (Å²) >= 11 is 0. The molecule has 0 N–H and O–H groups in total. The van der Waals surface area contributed by atoms with Gasteiger partial charge in [0, 0.05) is 40.1 Å². The van der Waals surface area contributed by atoms with Gasteiger partial charge in [-0.1, -0.05) is 97.7 Å². The molecule has 0 fully saturated rings. The summed E-state index contributed by atoms with van der Waals surface area (Å²) in [6.07, 6.45) is 8.50. The third kappa shape index (κ3) is 6.94. The first kappa shape index (κ1) is 37.8. The minimum Gasteiger partial charge on any atom is -0.509 e. The Labute approximate surface area is 324 Å². The van der Waals surface area contributed by atoms with Gasteiger partial charge in [0.2, 0.25) is 0 Å². The van der Waals surface area contributed by atoms with E-state index >= 15 is 0 Å². The second kappa shape index (κ2) is 14.5. The quantitative estimate of drug-likeness (QED) is 0.119. The fraction of sp³-hybridized carbons (Fsp3) is 0.391. The van der Waals surface area contributed by atoms with E-state index in [-0.39, 0.29) is 31.9 Å². The number of fused-ring (bicyclic) bond motifs is 3. The van der Waals surface area contributed by atoms with Gasteiger partial charge in [0.1, 0.15) is 5.82 Å². The number of para-hydroxylation sites is 1. The van der Waals surface area contributed by atoms with Crippen molar-refractivity contribution in [2.75, 3.05) is 0 Å². The van der Waals surface area contributed by atoms with Gasteiger partial charge in [-0.2, -0.15) is 11.2 Å². The average Bonchev–Trinajstić information content (AvgIpc) is 3.64. The van der Waals surface area contributed by atoms with Gasteiger partial charge >= 0.3 is 21.1 Å². The Balaban J connectivity index is 0.00000464. The summed E-state index contributed by atoms with van der Waals surface area (Å²) in [6, 6.07) is 28.6. The Bertz CT molecular complexity index is 2280. The van der Waals surface area contributed by atoms with Crippen LogP contribution in [0.3, 0.4) is 0 Å². The molecule has 3 heterocycles. The molecular formula is C46H52N4OPt. The van der Waals surface area contributed by atoms with Crippen molar-refractivity contribution in [2.24, 2.45) is 5.92 Å². The van der Waals surface area contributed by atoms with Gasteiger partial charge in [-0.05, 0) is 78.8 Å². The van der Waals surface area contributed by atoms with Crippen molar-refractivity contribution >= 4 is 21.8 Å². The molecule has 0 radical (unpaired) electrons. The molecule has 0 saturated carbocycles. The first-order valence-corrected chi connectivity index (χ1v) is 18.7. The van der Waals surface area contributed by atoms with E-state index in [0.29, 0.717) is 23.3 Å². The maximum absolute atomic E-state index is 6.76. The molecule has 2 atom stereocenters. The predicted octanol–water partition coefficient (Wildman–Crippen LogP) is 11.9. The predicted molar refractivity (Wildman–Crippen MR) is 211 cm³/mol. The minimum absolute atomic E-state index is 0. The van der Waals surface area contributed by atoms with Crippen molar-refractivity contribution in [2.45, 2.75) is 112 Å². The molecule has 0 amide bonds. The topological polar surface area (TPSA) is 44.9 Å². The number of aromatic nitrogens is 4. The zero-order valence-electron chi connectivity index (χ0n) is 32.4. The molecule has 272 valence electrons. The summed E-state index contributed by atoms with van der Waals surface area (Å²) in [4.78, 5) is 4.80. The third-order valence-corrected chi connectivity index (χ3v) is 10.7. The van der Waals surface area contributed by atoms with Crippen LogP contribution in [-0.4, -0.2) is 19.3 Å². The molecule has 6 heteroatoms. The average molecular weight is 872 g/mol. The monoisotopic (exact) mass is 871 g/mol. The van der Waals surface area contributed by atoms with Crippen molar-refractivity contribution in [3.63, 3.8) is 0 Å². The van der Waals surface area contributed by atoms with Crippen LogP contribution in [0.25, 0.3) is 33.3 Å². The van der Waals surface area contributed by atoms with Crippen molar-refractivity contribution in [1.82, 2.24) is 19.3 Å². The largest absolute Gasteiger partial charge is 2.00 e. The molecule has 1 aliphatic carbocycles. The Hall–Kier alpha value is -3.95. The molecule has 0 spiro atoms. The van der Waals surface area contributed by atoms with Gasteiger partial charge in [0.25, 0.3) is 0 Å². The van der Waals surface area contributed by atoms with E-state index in [9.17, 15) is 0 Å². The maximum Gasteiger partial charge on any atom is 2.00 e. The summed E-state index contributed by atoms with van der Waals surface area (Å²) < 4.78 is 11.1. The molecule has 0 aliphatic heterocycles. The van der Waals surface area contributed by atoms with Gasteiger partial charge in [-0.15, -0.1) is 41.3 Å². The molecule has 3 aromatic carbocycles. The van der Waals surface area contributed by atoms with Crippen LogP contribution in [0.4, 0.5) is 0 Å². The smallest absolute Gasteiger partial charge is 0.509 e. The van der Waals surface area contributed by atoms with Gasteiger partial charge in [-0.25, -0.2) is 4.98 Å². The maximum atomic E-state index is 6.76. The summed E-state index contributed by atoms with van der Waals surface area (Å²) in [5.74, 6) is 3.08. The Morgan fingerprint density at radius 3 is 2.33 bits per heavy atom. The van der Waals surface area contributed by atoms with Crippen molar-refractivity contribution in [3.05, 3.63) is 119 Å². The number of ether oxygens (including phenoxy) is 1. The van der Waals surface area contributed by atoms with Crippen molar-refractivity contribution in [1.29, 1.82) is 0 Å². The number of hydrogen-bond acceptors (Lipinski definition) is 3. The SMILES string of the molecule is CCc1ccnc(-n2c3[c-]c(Oc4[c-]c(-n5nc(CC)c(C6C(C)=CCC[C@@H]6C)c5C(C)(C)C)cc(C(C)(C)C)c4)ccc3c3ccccc32)c1.[Pt+2]. The second-order valence-electron chi connectivity index (χ2n) is 16.5. The number of hydrogen-bond donors (Lipinski definition) is 0. The number of nitrogens with zero attached hydrogens (tertiary/aromatic N) is 4. The fourth-order valence-corrected chi connectivity index (χ4v) is 8.01. The zero-order valence-corrected chi connectivity index (χ0v) is 34.7. The Morgan fingerprint density at radius 2 is 1.63 bits per heavy atom. The van der Waals surface area contributed by atoms with Crippen LogP contribution in [-0.2, 0) is 44.7 Å². The minimum atomic E-state index is -0.144. The van der Waals surface area contributed by atoms with E-state index in [1.54, 1.807) is 0 Å².